The van der Waals surface area contributed by atoms with Crippen molar-refractivity contribution in [2.75, 3.05) is 6.61 Å². The van der Waals surface area contributed by atoms with Gasteiger partial charge < -0.3 is 9.67 Å². The molecule has 0 spiro atoms. The summed E-state index contributed by atoms with van der Waals surface area (Å²) in [4.78, 5) is 0. The maximum absolute atomic E-state index is 8.58. The molecule has 54 valence electrons. The van der Waals surface area contributed by atoms with Crippen molar-refractivity contribution in [2.45, 2.75) is 6.54 Å². The van der Waals surface area contributed by atoms with Crippen LogP contribution >= 0.6 is 12.2 Å². The molecule has 1 aromatic heterocycles. The summed E-state index contributed by atoms with van der Waals surface area (Å²) in [7, 11) is 0. The highest BCUT2D eigenvalue weighted by molar-refractivity contribution is 7.71. The van der Waals surface area contributed by atoms with E-state index in [1.165, 1.54) is 0 Å². The Morgan fingerprint density at radius 2 is 2.30 bits per heavy atom. The zero-order valence-electron chi connectivity index (χ0n) is 5.53. The number of hydrogen-bond acceptors (Lipinski definition) is 2. The minimum absolute atomic E-state index is 0.137. The van der Waals surface area contributed by atoms with Gasteiger partial charge >= 0.3 is 0 Å². The Kier molecular flexibility index (Phi) is 2.59. The second kappa shape index (κ2) is 3.49. The smallest absolute Gasteiger partial charge is 0.105 e. The number of aliphatic hydroxyl groups excluding tert-OH is 1. The van der Waals surface area contributed by atoms with Crippen LogP contribution in [0, 0.1) is 4.64 Å². The van der Waals surface area contributed by atoms with Crippen molar-refractivity contribution in [1.82, 2.24) is 4.57 Å². The van der Waals surface area contributed by atoms with E-state index in [1.807, 2.05) is 29.0 Å². The van der Waals surface area contributed by atoms with Crippen LogP contribution in [0.4, 0.5) is 0 Å². The van der Waals surface area contributed by atoms with Gasteiger partial charge in [0.25, 0.3) is 0 Å². The monoisotopic (exact) mass is 155 g/mol. The van der Waals surface area contributed by atoms with E-state index in [4.69, 9.17) is 17.3 Å². The van der Waals surface area contributed by atoms with Gasteiger partial charge in [-0.3, -0.25) is 0 Å². The largest absolute Gasteiger partial charge is 0.395 e. The van der Waals surface area contributed by atoms with Gasteiger partial charge in [0.2, 0.25) is 0 Å². The molecule has 0 aliphatic rings. The van der Waals surface area contributed by atoms with Crippen molar-refractivity contribution in [3.8, 4) is 0 Å². The first-order valence-corrected chi connectivity index (χ1v) is 3.52. The number of pyridine rings is 1. The Bertz CT molecular complexity index is 256. The van der Waals surface area contributed by atoms with Gasteiger partial charge in [0.05, 0.1) is 6.61 Å². The lowest BCUT2D eigenvalue weighted by Gasteiger charge is -2.01. The van der Waals surface area contributed by atoms with Crippen molar-refractivity contribution in [2.24, 2.45) is 0 Å². The number of aliphatic hydroxyl groups is 1. The number of rotatable bonds is 2. The predicted octanol–water partition coefficient (Wildman–Crippen LogP) is 1.21. The summed E-state index contributed by atoms with van der Waals surface area (Å²) in [5.41, 5.74) is 0. The second-order valence-corrected chi connectivity index (χ2v) is 2.37. The van der Waals surface area contributed by atoms with Crippen molar-refractivity contribution in [1.29, 1.82) is 0 Å². The molecule has 2 nitrogen and oxygen atoms in total. The van der Waals surface area contributed by atoms with Crippen LogP contribution in [-0.4, -0.2) is 16.3 Å². The average Bonchev–Trinajstić information content (AvgIpc) is 1.94. The minimum atomic E-state index is 0.137. The van der Waals surface area contributed by atoms with E-state index in [2.05, 4.69) is 0 Å². The molecule has 10 heavy (non-hydrogen) atoms. The molecule has 1 heterocycles. The van der Waals surface area contributed by atoms with Crippen molar-refractivity contribution in [3.05, 3.63) is 29.0 Å². The zero-order valence-corrected chi connectivity index (χ0v) is 6.34. The first-order chi connectivity index (χ1) is 4.84. The fraction of sp³-hybridized carbons (Fsp3) is 0.286. The molecule has 3 heteroatoms. The van der Waals surface area contributed by atoms with E-state index in [9.17, 15) is 0 Å². The summed E-state index contributed by atoms with van der Waals surface area (Å²) in [6, 6.07) is 5.62. The topological polar surface area (TPSA) is 25.2 Å². The van der Waals surface area contributed by atoms with Gasteiger partial charge in [-0.25, -0.2) is 0 Å². The summed E-state index contributed by atoms with van der Waals surface area (Å²) in [5, 5.41) is 8.58. The highest BCUT2D eigenvalue weighted by atomic mass is 32.1. The van der Waals surface area contributed by atoms with E-state index in [0.717, 1.165) is 4.64 Å². The maximum Gasteiger partial charge on any atom is 0.105 e. The Morgan fingerprint density at radius 3 is 2.90 bits per heavy atom. The van der Waals surface area contributed by atoms with Crippen molar-refractivity contribution < 1.29 is 5.11 Å². The van der Waals surface area contributed by atoms with Gasteiger partial charge in [-0.1, -0.05) is 18.3 Å². The molecule has 0 atom stereocenters. The molecule has 0 fully saturated rings. The molecule has 0 saturated heterocycles. The molecule has 0 aliphatic heterocycles. The van der Waals surface area contributed by atoms with Crippen LogP contribution < -0.4 is 0 Å². The van der Waals surface area contributed by atoms with Gasteiger partial charge in [-0.2, -0.15) is 0 Å². The fourth-order valence-electron chi connectivity index (χ4n) is 0.753. The third-order valence-electron chi connectivity index (χ3n) is 1.24. The second-order valence-electron chi connectivity index (χ2n) is 1.96. The molecule has 0 bridgehead atoms. The van der Waals surface area contributed by atoms with Gasteiger partial charge in [0.1, 0.15) is 4.64 Å². The van der Waals surface area contributed by atoms with E-state index < -0.39 is 0 Å². The van der Waals surface area contributed by atoms with Crippen molar-refractivity contribution >= 4 is 12.2 Å². The molecule has 0 unspecified atom stereocenters. The fourth-order valence-corrected chi connectivity index (χ4v) is 0.984. The minimum Gasteiger partial charge on any atom is -0.395 e. The summed E-state index contributed by atoms with van der Waals surface area (Å²) >= 11 is 4.97. The van der Waals surface area contributed by atoms with Crippen LogP contribution in [0.2, 0.25) is 0 Å². The van der Waals surface area contributed by atoms with Gasteiger partial charge in [-0.05, 0) is 12.1 Å². The molecular formula is C7H9NOS. The van der Waals surface area contributed by atoms with E-state index in [1.54, 1.807) is 0 Å². The lowest BCUT2D eigenvalue weighted by molar-refractivity contribution is 0.275. The molecule has 1 aromatic rings. The zero-order chi connectivity index (χ0) is 7.40. The van der Waals surface area contributed by atoms with Crippen LogP contribution in [0.3, 0.4) is 0 Å². The van der Waals surface area contributed by atoms with E-state index in [0.29, 0.717) is 6.54 Å². The lowest BCUT2D eigenvalue weighted by atomic mass is 10.5. The van der Waals surface area contributed by atoms with Gasteiger partial charge in [-0.15, -0.1) is 0 Å². The first kappa shape index (κ1) is 7.44. The molecule has 0 amide bonds. The summed E-state index contributed by atoms with van der Waals surface area (Å²) < 4.78 is 2.59. The highest BCUT2D eigenvalue weighted by Crippen LogP contribution is 1.91. The van der Waals surface area contributed by atoms with Crippen LogP contribution in [0.15, 0.2) is 24.4 Å². The quantitative estimate of drug-likeness (QED) is 0.649. The van der Waals surface area contributed by atoms with Crippen molar-refractivity contribution in [3.63, 3.8) is 0 Å². The summed E-state index contributed by atoms with van der Waals surface area (Å²) in [6.07, 6.45) is 1.86. The summed E-state index contributed by atoms with van der Waals surface area (Å²) in [5.74, 6) is 0. The summed E-state index contributed by atoms with van der Waals surface area (Å²) in [6.45, 7) is 0.720. The SMILES string of the molecule is OCCn1ccccc1=S. The number of nitrogens with zero attached hydrogens (tertiary/aromatic N) is 1. The third kappa shape index (κ3) is 1.65. The van der Waals surface area contributed by atoms with Crippen LogP contribution in [0.5, 0.6) is 0 Å². The maximum atomic E-state index is 8.58. The molecule has 0 saturated carbocycles. The Hall–Kier alpha value is -0.670. The van der Waals surface area contributed by atoms with Gasteiger partial charge in [0, 0.05) is 12.7 Å². The molecule has 0 radical (unpaired) electrons. The molecule has 1 rings (SSSR count). The Labute approximate surface area is 64.7 Å². The molecule has 1 N–H and O–H groups in total. The first-order valence-electron chi connectivity index (χ1n) is 3.11. The number of aromatic nitrogens is 1. The standard InChI is InChI=1S/C7H9NOS/c9-6-5-8-4-2-1-3-7(8)10/h1-4,9H,5-6H2. The predicted molar refractivity (Wildman–Crippen MR) is 42.4 cm³/mol. The van der Waals surface area contributed by atoms with Crippen LogP contribution in [-0.2, 0) is 6.54 Å². The van der Waals surface area contributed by atoms with Crippen LogP contribution in [0.1, 0.15) is 0 Å². The molecular weight excluding hydrogens is 146 g/mol. The van der Waals surface area contributed by atoms with Gasteiger partial charge in [0.15, 0.2) is 0 Å². The number of hydrogen-bond donors (Lipinski definition) is 1. The highest BCUT2D eigenvalue weighted by Gasteiger charge is 1.85. The van der Waals surface area contributed by atoms with E-state index in [-0.39, 0.29) is 6.61 Å². The van der Waals surface area contributed by atoms with Crippen LogP contribution in [0.25, 0.3) is 0 Å². The Balaban J connectivity index is 2.92. The normalized spacial score (nSPS) is 9.70. The lowest BCUT2D eigenvalue weighted by Crippen LogP contribution is -2.02. The van der Waals surface area contributed by atoms with E-state index >= 15 is 0 Å². The third-order valence-corrected chi connectivity index (χ3v) is 1.61. The molecule has 0 aliphatic carbocycles. The Morgan fingerprint density at radius 1 is 1.50 bits per heavy atom. The molecule has 0 aromatic carbocycles. The average molecular weight is 155 g/mol.